The topological polar surface area (TPSA) is 71.2 Å². The van der Waals surface area contributed by atoms with E-state index in [4.69, 9.17) is 27.9 Å². The molecule has 0 radical (unpaired) electrons. The van der Waals surface area contributed by atoms with Crippen molar-refractivity contribution in [1.29, 1.82) is 0 Å². The molecule has 2 N–H and O–H groups in total. The average Bonchev–Trinajstić information content (AvgIpc) is 3.27. The molecule has 8 heteroatoms. The Hall–Kier alpha value is -2.80. The highest BCUT2D eigenvalue weighted by Crippen LogP contribution is 2.37. The fraction of sp³-hybridized carbons (Fsp3) is 0.0476. The minimum Gasteiger partial charge on any atom is -0.493 e. The molecule has 0 unspecified atom stereocenters. The van der Waals surface area contributed by atoms with Gasteiger partial charge in [-0.25, -0.2) is 0 Å². The van der Waals surface area contributed by atoms with Crippen molar-refractivity contribution >= 4 is 62.8 Å². The summed E-state index contributed by atoms with van der Waals surface area (Å²) in [5.41, 5.74) is 2.07. The standard InChI is InChI=1S/C21H14Cl2N2O3S/c1-28-19-14(10-29-20(19)23)21(27)25-16-13-8-7-12(22)9-15(13)24-17(16)18(26)11-5-3-2-4-6-11/h2-10,24H,1H3,(H,25,27). The second-order valence-electron chi connectivity index (χ2n) is 6.17. The lowest BCUT2D eigenvalue weighted by molar-refractivity contribution is 0.102. The van der Waals surface area contributed by atoms with Gasteiger partial charge in [-0.3, -0.25) is 9.59 Å². The molecule has 4 rings (SSSR count). The van der Waals surface area contributed by atoms with Crippen LogP contribution in [0.15, 0.2) is 53.9 Å². The monoisotopic (exact) mass is 444 g/mol. The summed E-state index contributed by atoms with van der Waals surface area (Å²) in [5.74, 6) is -0.375. The molecule has 0 spiro atoms. The Balaban J connectivity index is 1.82. The lowest BCUT2D eigenvalue weighted by Crippen LogP contribution is -2.15. The van der Waals surface area contributed by atoms with Crippen molar-refractivity contribution in [3.8, 4) is 5.75 Å². The Morgan fingerprint density at radius 2 is 1.86 bits per heavy atom. The zero-order valence-electron chi connectivity index (χ0n) is 15.1. The lowest BCUT2D eigenvalue weighted by Gasteiger charge is -2.08. The summed E-state index contributed by atoms with van der Waals surface area (Å²) >= 11 is 13.4. The Kier molecular flexibility index (Phi) is 5.32. The molecule has 0 fully saturated rings. The van der Waals surface area contributed by atoms with Crippen LogP contribution in [0.4, 0.5) is 5.69 Å². The van der Waals surface area contributed by atoms with Crippen LogP contribution in [-0.4, -0.2) is 23.8 Å². The summed E-state index contributed by atoms with van der Waals surface area (Å²) in [6, 6.07) is 14.0. The summed E-state index contributed by atoms with van der Waals surface area (Å²) in [7, 11) is 1.45. The molecular weight excluding hydrogens is 431 g/mol. The van der Waals surface area contributed by atoms with E-state index in [1.165, 1.54) is 18.4 Å². The molecule has 1 amide bonds. The van der Waals surface area contributed by atoms with Crippen LogP contribution in [0.5, 0.6) is 5.75 Å². The third-order valence-corrected chi connectivity index (χ3v) is 5.83. The van der Waals surface area contributed by atoms with Crippen LogP contribution in [0.25, 0.3) is 10.9 Å². The van der Waals surface area contributed by atoms with Crippen LogP contribution in [0.3, 0.4) is 0 Å². The largest absolute Gasteiger partial charge is 0.493 e. The second kappa shape index (κ2) is 7.91. The van der Waals surface area contributed by atoms with Crippen LogP contribution in [0.1, 0.15) is 26.4 Å². The molecule has 29 heavy (non-hydrogen) atoms. The molecule has 2 heterocycles. The van der Waals surface area contributed by atoms with E-state index in [-0.39, 0.29) is 11.5 Å². The molecule has 4 aromatic rings. The summed E-state index contributed by atoms with van der Waals surface area (Å²) in [6.07, 6.45) is 0. The van der Waals surface area contributed by atoms with Crippen molar-refractivity contribution in [3.05, 3.63) is 80.1 Å². The van der Waals surface area contributed by atoms with Gasteiger partial charge in [-0.05, 0) is 18.2 Å². The van der Waals surface area contributed by atoms with Crippen molar-refractivity contribution in [2.75, 3.05) is 12.4 Å². The van der Waals surface area contributed by atoms with Crippen molar-refractivity contribution in [2.45, 2.75) is 0 Å². The van der Waals surface area contributed by atoms with Crippen LogP contribution < -0.4 is 10.1 Å². The lowest BCUT2D eigenvalue weighted by atomic mass is 10.1. The van der Waals surface area contributed by atoms with Gasteiger partial charge in [0.15, 0.2) is 5.75 Å². The van der Waals surface area contributed by atoms with Crippen molar-refractivity contribution in [3.63, 3.8) is 0 Å². The maximum atomic E-state index is 13.1. The van der Waals surface area contributed by atoms with Gasteiger partial charge in [0.2, 0.25) is 5.78 Å². The van der Waals surface area contributed by atoms with Crippen LogP contribution in [0.2, 0.25) is 9.36 Å². The number of aromatic amines is 1. The van der Waals surface area contributed by atoms with Gasteiger partial charge in [0.25, 0.3) is 5.91 Å². The minimum absolute atomic E-state index is 0.247. The van der Waals surface area contributed by atoms with Crippen LogP contribution in [-0.2, 0) is 0 Å². The number of nitrogens with one attached hydrogen (secondary N) is 2. The number of aromatic nitrogens is 1. The first-order chi connectivity index (χ1) is 14.0. The smallest absolute Gasteiger partial charge is 0.260 e. The van der Waals surface area contributed by atoms with E-state index in [9.17, 15) is 9.59 Å². The van der Waals surface area contributed by atoms with Gasteiger partial charge in [-0.15, -0.1) is 11.3 Å². The number of carbonyl (C=O) groups excluding carboxylic acids is 2. The summed E-state index contributed by atoms with van der Waals surface area (Å²) < 4.78 is 5.61. The molecule has 0 bridgehead atoms. The van der Waals surface area contributed by atoms with Gasteiger partial charge in [0, 0.05) is 26.9 Å². The number of amides is 1. The number of methoxy groups -OCH3 is 1. The maximum absolute atomic E-state index is 13.1. The number of benzene rings is 2. The zero-order chi connectivity index (χ0) is 20.5. The number of rotatable bonds is 5. The van der Waals surface area contributed by atoms with E-state index in [0.717, 1.165) is 0 Å². The Labute approximate surface area is 180 Å². The second-order valence-corrected chi connectivity index (χ2v) is 8.09. The quantitative estimate of drug-likeness (QED) is 0.369. The molecule has 0 aliphatic rings. The van der Waals surface area contributed by atoms with E-state index < -0.39 is 5.91 Å². The molecule has 2 aromatic heterocycles. The highest BCUT2D eigenvalue weighted by molar-refractivity contribution is 7.15. The van der Waals surface area contributed by atoms with Crippen molar-refractivity contribution in [2.24, 2.45) is 0 Å². The Morgan fingerprint density at radius 1 is 1.10 bits per heavy atom. The highest BCUT2D eigenvalue weighted by atomic mass is 35.5. The van der Waals surface area contributed by atoms with Gasteiger partial charge >= 0.3 is 0 Å². The average molecular weight is 445 g/mol. The number of anilines is 1. The molecule has 146 valence electrons. The summed E-state index contributed by atoms with van der Waals surface area (Å²) in [5, 5.41) is 5.64. The normalized spacial score (nSPS) is 10.9. The number of H-pyrrole nitrogens is 1. The van der Waals surface area contributed by atoms with Crippen molar-refractivity contribution in [1.82, 2.24) is 4.98 Å². The third kappa shape index (κ3) is 3.62. The molecule has 0 atom stereocenters. The Morgan fingerprint density at radius 3 is 2.59 bits per heavy atom. The first kappa shape index (κ1) is 19.5. The first-order valence-corrected chi connectivity index (χ1v) is 10.2. The molecule has 0 aliphatic heterocycles. The van der Waals surface area contributed by atoms with Gasteiger partial charge in [0.1, 0.15) is 10.0 Å². The van der Waals surface area contributed by atoms with Crippen LogP contribution >= 0.6 is 34.5 Å². The fourth-order valence-corrected chi connectivity index (χ4v) is 4.28. The van der Waals surface area contributed by atoms with Crippen molar-refractivity contribution < 1.29 is 14.3 Å². The number of hydrogen-bond acceptors (Lipinski definition) is 4. The molecule has 0 saturated heterocycles. The molecule has 2 aromatic carbocycles. The summed E-state index contributed by atoms with van der Waals surface area (Å²) in [4.78, 5) is 29.1. The molecule has 5 nitrogen and oxygen atoms in total. The molecule has 0 aliphatic carbocycles. The van der Waals surface area contributed by atoms with E-state index >= 15 is 0 Å². The Bertz CT molecular complexity index is 1230. The fourth-order valence-electron chi connectivity index (χ4n) is 3.06. The van der Waals surface area contributed by atoms with Gasteiger partial charge in [0.05, 0.1) is 18.4 Å². The number of thiophene rings is 1. The van der Waals surface area contributed by atoms with E-state index in [0.29, 0.717) is 42.8 Å². The number of carbonyl (C=O) groups is 2. The minimum atomic E-state index is -0.428. The SMILES string of the molecule is COc1c(C(=O)Nc2c(C(=O)c3ccccc3)[nH]c3cc(Cl)ccc23)csc1Cl. The zero-order valence-corrected chi connectivity index (χ0v) is 17.4. The van der Waals surface area contributed by atoms with Gasteiger partial charge < -0.3 is 15.0 Å². The van der Waals surface area contributed by atoms with Gasteiger partial charge in [-0.2, -0.15) is 0 Å². The third-order valence-electron chi connectivity index (χ3n) is 4.41. The number of ether oxygens (including phenoxy) is 1. The molecule has 0 saturated carbocycles. The van der Waals surface area contributed by atoms with E-state index in [1.807, 2.05) is 6.07 Å². The van der Waals surface area contributed by atoms with E-state index in [1.54, 1.807) is 47.8 Å². The number of halogens is 2. The first-order valence-electron chi connectivity index (χ1n) is 8.53. The number of hydrogen-bond donors (Lipinski definition) is 2. The maximum Gasteiger partial charge on any atom is 0.260 e. The number of fused-ring (bicyclic) bond motifs is 1. The predicted molar refractivity (Wildman–Crippen MR) is 117 cm³/mol. The summed E-state index contributed by atoms with van der Waals surface area (Å²) in [6.45, 7) is 0. The molecular formula is C21H14Cl2N2O3S. The number of ketones is 1. The van der Waals surface area contributed by atoms with Crippen LogP contribution in [0, 0.1) is 0 Å². The van der Waals surface area contributed by atoms with Gasteiger partial charge in [-0.1, -0.05) is 53.5 Å². The highest BCUT2D eigenvalue weighted by Gasteiger charge is 2.24. The predicted octanol–water partition coefficient (Wildman–Crippen LogP) is 6.03. The van der Waals surface area contributed by atoms with E-state index in [2.05, 4.69) is 10.3 Å².